The molecule has 0 unspecified atom stereocenters. The summed E-state index contributed by atoms with van der Waals surface area (Å²) in [6.45, 7) is 4.28. The summed E-state index contributed by atoms with van der Waals surface area (Å²) >= 11 is 0. The van der Waals surface area contributed by atoms with Crippen LogP contribution in [0.3, 0.4) is 0 Å². The van der Waals surface area contributed by atoms with E-state index in [-0.39, 0.29) is 10.7 Å². The van der Waals surface area contributed by atoms with Gasteiger partial charge in [-0.05, 0) is 49.2 Å². The number of hydrogen-bond acceptors (Lipinski definition) is 3. The zero-order valence-electron chi connectivity index (χ0n) is 13.5. The highest BCUT2D eigenvalue weighted by molar-refractivity contribution is 7.93. The number of fused-ring (bicyclic) bond motifs is 1. The van der Waals surface area contributed by atoms with E-state index in [4.69, 9.17) is 0 Å². The van der Waals surface area contributed by atoms with Gasteiger partial charge in [-0.3, -0.25) is 4.72 Å². The third-order valence-corrected chi connectivity index (χ3v) is 5.17. The maximum atomic E-state index is 13.4. The molecule has 0 fully saturated rings. The van der Waals surface area contributed by atoms with Gasteiger partial charge in [0.25, 0.3) is 10.0 Å². The van der Waals surface area contributed by atoms with Crippen molar-refractivity contribution in [3.05, 3.63) is 54.1 Å². The molecule has 1 N–H and O–H groups in total. The van der Waals surface area contributed by atoms with E-state index < -0.39 is 10.0 Å². The third-order valence-electron chi connectivity index (χ3n) is 3.76. The van der Waals surface area contributed by atoms with Crippen LogP contribution >= 0.6 is 0 Å². The number of nitrogens with zero attached hydrogens (tertiary/aromatic N) is 2. The number of sulfonamides is 1. The number of benzene rings is 1. The summed E-state index contributed by atoms with van der Waals surface area (Å²) in [5.74, 6) is -0.373. The summed E-state index contributed by atoms with van der Waals surface area (Å²) in [6, 6.07) is 7.56. The first-order valence-electron chi connectivity index (χ1n) is 7.65. The first kappa shape index (κ1) is 16.4. The molecular weight excluding hydrogens is 329 g/mol. The van der Waals surface area contributed by atoms with Crippen molar-refractivity contribution in [2.45, 2.75) is 31.7 Å². The van der Waals surface area contributed by atoms with Gasteiger partial charge in [-0.25, -0.2) is 17.8 Å². The Bertz CT molecular complexity index is 996. The molecule has 0 spiro atoms. The highest BCUT2D eigenvalue weighted by atomic mass is 32.2. The van der Waals surface area contributed by atoms with Crippen LogP contribution in [0, 0.1) is 12.7 Å². The molecule has 0 saturated carbocycles. The molecule has 0 aliphatic rings. The van der Waals surface area contributed by atoms with E-state index in [0.717, 1.165) is 6.42 Å². The first-order chi connectivity index (χ1) is 11.4. The van der Waals surface area contributed by atoms with Crippen molar-refractivity contribution in [3.8, 4) is 0 Å². The van der Waals surface area contributed by atoms with Crippen LogP contribution in [0.1, 0.15) is 18.9 Å². The Hall–Kier alpha value is -2.41. The smallest absolute Gasteiger partial charge is 0.264 e. The quantitative estimate of drug-likeness (QED) is 0.765. The van der Waals surface area contributed by atoms with Gasteiger partial charge < -0.3 is 4.57 Å². The molecule has 2 aromatic heterocycles. The second kappa shape index (κ2) is 6.24. The molecule has 0 saturated heterocycles. The number of aromatic nitrogens is 2. The molecule has 3 aromatic rings. The molecule has 1 aromatic carbocycles. The van der Waals surface area contributed by atoms with E-state index in [1.165, 1.54) is 18.2 Å². The normalized spacial score (nSPS) is 11.8. The number of halogens is 1. The Labute approximate surface area is 140 Å². The monoisotopic (exact) mass is 347 g/mol. The largest absolute Gasteiger partial charge is 0.331 e. The zero-order valence-corrected chi connectivity index (χ0v) is 14.3. The predicted molar refractivity (Wildman–Crippen MR) is 92.0 cm³/mol. The van der Waals surface area contributed by atoms with Crippen LogP contribution in [0.2, 0.25) is 0 Å². The summed E-state index contributed by atoms with van der Waals surface area (Å²) in [4.78, 5) is 4.46. The van der Waals surface area contributed by atoms with Gasteiger partial charge in [0.15, 0.2) is 0 Å². The molecule has 7 heteroatoms. The van der Waals surface area contributed by atoms with E-state index in [1.807, 2.05) is 11.5 Å². The van der Waals surface area contributed by atoms with Gasteiger partial charge in [-0.15, -0.1) is 0 Å². The second-order valence-electron chi connectivity index (χ2n) is 5.63. The van der Waals surface area contributed by atoms with Crippen LogP contribution in [0.4, 0.5) is 10.1 Å². The molecular formula is C17H18FN3O2S. The molecule has 0 aliphatic heterocycles. The topological polar surface area (TPSA) is 64.0 Å². The summed E-state index contributed by atoms with van der Waals surface area (Å²) < 4.78 is 43.3. The highest BCUT2D eigenvalue weighted by Crippen LogP contribution is 2.26. The fourth-order valence-corrected chi connectivity index (χ4v) is 3.90. The molecule has 24 heavy (non-hydrogen) atoms. The Kier molecular flexibility index (Phi) is 4.28. The molecule has 0 radical (unpaired) electrons. The van der Waals surface area contributed by atoms with Crippen LogP contribution in [0.25, 0.3) is 11.0 Å². The van der Waals surface area contributed by atoms with Gasteiger partial charge in [-0.2, -0.15) is 0 Å². The average molecular weight is 347 g/mol. The van der Waals surface area contributed by atoms with E-state index >= 15 is 0 Å². The van der Waals surface area contributed by atoms with Crippen molar-refractivity contribution >= 4 is 26.7 Å². The third kappa shape index (κ3) is 2.99. The minimum atomic E-state index is -3.80. The molecule has 0 amide bonds. The average Bonchev–Trinajstić information content (AvgIpc) is 2.91. The van der Waals surface area contributed by atoms with Gasteiger partial charge in [0.2, 0.25) is 0 Å². The van der Waals surface area contributed by atoms with E-state index in [1.54, 1.807) is 31.5 Å². The number of aryl methyl sites for hydroxylation is 2. The van der Waals surface area contributed by atoms with Gasteiger partial charge in [0.1, 0.15) is 16.4 Å². The molecule has 3 rings (SSSR count). The Morgan fingerprint density at radius 3 is 2.79 bits per heavy atom. The van der Waals surface area contributed by atoms with Crippen LogP contribution in [0.15, 0.2) is 47.6 Å². The van der Waals surface area contributed by atoms with Gasteiger partial charge in [0.05, 0.1) is 0 Å². The summed E-state index contributed by atoms with van der Waals surface area (Å²) in [7, 11) is -3.80. The van der Waals surface area contributed by atoms with Crippen molar-refractivity contribution in [3.63, 3.8) is 0 Å². The van der Waals surface area contributed by atoms with Crippen LogP contribution in [0.5, 0.6) is 0 Å². The standard InChI is InChI=1S/C17H18FN3O2S/c1-3-9-21-11-16(14-5-4-8-19-17(14)21)24(22,23)20-13-6-7-15(18)12(2)10-13/h4-8,10-11,20H,3,9H2,1-2H3. The molecule has 0 atom stereocenters. The SMILES string of the molecule is CCCn1cc(S(=O)(=O)Nc2ccc(F)c(C)c2)c2cccnc21. The number of anilines is 1. The molecule has 5 nitrogen and oxygen atoms in total. The Morgan fingerprint density at radius 2 is 2.08 bits per heavy atom. The van der Waals surface area contributed by atoms with E-state index in [9.17, 15) is 12.8 Å². The lowest BCUT2D eigenvalue weighted by Crippen LogP contribution is -2.13. The van der Waals surface area contributed by atoms with E-state index in [2.05, 4.69) is 9.71 Å². The van der Waals surface area contributed by atoms with Crippen LogP contribution < -0.4 is 4.72 Å². The lowest BCUT2D eigenvalue weighted by atomic mass is 10.2. The maximum Gasteiger partial charge on any atom is 0.264 e. The summed E-state index contributed by atoms with van der Waals surface area (Å²) in [5, 5.41) is 0.567. The minimum absolute atomic E-state index is 0.168. The molecule has 0 aliphatic carbocycles. The number of hydrogen-bond donors (Lipinski definition) is 1. The highest BCUT2D eigenvalue weighted by Gasteiger charge is 2.21. The fraction of sp³-hybridized carbons (Fsp3) is 0.235. The van der Waals surface area contributed by atoms with Crippen molar-refractivity contribution in [1.82, 2.24) is 9.55 Å². The van der Waals surface area contributed by atoms with Gasteiger partial charge in [0, 0.05) is 30.0 Å². The molecule has 2 heterocycles. The van der Waals surface area contributed by atoms with Crippen molar-refractivity contribution in [2.24, 2.45) is 0 Å². The summed E-state index contributed by atoms with van der Waals surface area (Å²) in [5.41, 5.74) is 1.34. The molecule has 126 valence electrons. The van der Waals surface area contributed by atoms with Gasteiger partial charge in [-0.1, -0.05) is 6.92 Å². The first-order valence-corrected chi connectivity index (χ1v) is 9.13. The predicted octanol–water partition coefficient (Wildman–Crippen LogP) is 3.69. The second-order valence-corrected chi connectivity index (χ2v) is 7.28. The van der Waals surface area contributed by atoms with Gasteiger partial charge >= 0.3 is 0 Å². The summed E-state index contributed by atoms with van der Waals surface area (Å²) in [6.07, 6.45) is 4.10. The Morgan fingerprint density at radius 1 is 1.29 bits per heavy atom. The van der Waals surface area contributed by atoms with Crippen LogP contribution in [-0.4, -0.2) is 18.0 Å². The van der Waals surface area contributed by atoms with Crippen molar-refractivity contribution in [2.75, 3.05) is 4.72 Å². The number of rotatable bonds is 5. The zero-order chi connectivity index (χ0) is 17.3. The lowest BCUT2D eigenvalue weighted by Gasteiger charge is -2.08. The number of pyridine rings is 1. The fourth-order valence-electron chi connectivity index (χ4n) is 2.63. The Balaban J connectivity index is 2.06. The van der Waals surface area contributed by atoms with E-state index in [0.29, 0.717) is 28.8 Å². The maximum absolute atomic E-state index is 13.4. The van der Waals surface area contributed by atoms with Crippen molar-refractivity contribution in [1.29, 1.82) is 0 Å². The lowest BCUT2D eigenvalue weighted by molar-refractivity contribution is 0.600. The minimum Gasteiger partial charge on any atom is -0.331 e. The molecule has 0 bridgehead atoms. The number of nitrogens with one attached hydrogen (secondary N) is 1. The van der Waals surface area contributed by atoms with Crippen LogP contribution in [-0.2, 0) is 16.6 Å². The van der Waals surface area contributed by atoms with Crippen molar-refractivity contribution < 1.29 is 12.8 Å².